The van der Waals surface area contributed by atoms with Crippen molar-refractivity contribution < 1.29 is 4.79 Å². The predicted molar refractivity (Wildman–Crippen MR) is 95.2 cm³/mol. The normalized spacial score (nSPS) is 10.8. The topological polar surface area (TPSA) is 32.3 Å². The molecule has 0 atom stereocenters. The van der Waals surface area contributed by atoms with Gasteiger partial charge in [-0.25, -0.2) is 0 Å². The minimum atomic E-state index is 0.0564. The van der Waals surface area contributed by atoms with Crippen molar-refractivity contribution in [3.63, 3.8) is 0 Å². The van der Waals surface area contributed by atoms with Crippen molar-refractivity contribution in [3.8, 4) is 0 Å². The molecule has 0 aliphatic rings. The molecule has 3 heteroatoms. The lowest BCUT2D eigenvalue weighted by Crippen LogP contribution is -2.34. The van der Waals surface area contributed by atoms with E-state index in [4.69, 9.17) is 0 Å². The number of nitrogens with one attached hydrogen (secondary N) is 1. The van der Waals surface area contributed by atoms with Crippen LogP contribution in [0.3, 0.4) is 0 Å². The molecule has 0 saturated carbocycles. The summed E-state index contributed by atoms with van der Waals surface area (Å²) < 4.78 is 0. The van der Waals surface area contributed by atoms with Gasteiger partial charge < -0.3 is 5.32 Å². The van der Waals surface area contributed by atoms with E-state index in [1.54, 1.807) is 0 Å². The number of hydrogen-bond donors (Lipinski definition) is 1. The molecule has 1 amide bonds. The van der Waals surface area contributed by atoms with Crippen LogP contribution in [0.15, 0.2) is 48.5 Å². The standard InChI is InChI=1S/C20H26N2O/c1-4-17-9-11-18(12-10-17)14-22(3)15-20(23)21-13-19-8-6-5-7-16(19)2/h5-12H,4,13-15H2,1-3H3,(H,21,23). The summed E-state index contributed by atoms with van der Waals surface area (Å²) in [5, 5.41) is 2.99. The van der Waals surface area contributed by atoms with Gasteiger partial charge in [0, 0.05) is 13.1 Å². The molecule has 0 aliphatic carbocycles. The Bertz CT molecular complexity index is 634. The maximum atomic E-state index is 12.1. The van der Waals surface area contributed by atoms with Gasteiger partial charge in [0.1, 0.15) is 0 Å². The Balaban J connectivity index is 1.79. The molecule has 2 aromatic carbocycles. The van der Waals surface area contributed by atoms with Gasteiger partial charge in [-0.3, -0.25) is 9.69 Å². The van der Waals surface area contributed by atoms with Crippen LogP contribution in [0.5, 0.6) is 0 Å². The number of hydrogen-bond acceptors (Lipinski definition) is 2. The van der Waals surface area contributed by atoms with E-state index < -0.39 is 0 Å². The highest BCUT2D eigenvalue weighted by molar-refractivity contribution is 5.78. The fourth-order valence-electron chi connectivity index (χ4n) is 2.55. The lowest BCUT2D eigenvalue weighted by Gasteiger charge is -2.17. The Morgan fingerprint density at radius 3 is 2.35 bits per heavy atom. The first kappa shape index (κ1) is 17.2. The first-order chi connectivity index (χ1) is 11.1. The van der Waals surface area contributed by atoms with Gasteiger partial charge in [-0.1, -0.05) is 55.5 Å². The highest BCUT2D eigenvalue weighted by Crippen LogP contribution is 2.08. The second-order valence-electron chi connectivity index (χ2n) is 6.05. The van der Waals surface area contributed by atoms with E-state index in [9.17, 15) is 4.79 Å². The fraction of sp³-hybridized carbons (Fsp3) is 0.350. The molecule has 23 heavy (non-hydrogen) atoms. The zero-order chi connectivity index (χ0) is 16.7. The van der Waals surface area contributed by atoms with E-state index in [1.165, 1.54) is 22.3 Å². The molecule has 0 aliphatic heterocycles. The van der Waals surface area contributed by atoms with Crippen LogP contribution >= 0.6 is 0 Å². The van der Waals surface area contributed by atoms with Crippen LogP contribution in [-0.4, -0.2) is 24.4 Å². The Kier molecular flexibility index (Phi) is 6.36. The predicted octanol–water partition coefficient (Wildman–Crippen LogP) is 3.31. The maximum absolute atomic E-state index is 12.1. The summed E-state index contributed by atoms with van der Waals surface area (Å²) in [4.78, 5) is 14.1. The summed E-state index contributed by atoms with van der Waals surface area (Å²) in [5.41, 5.74) is 4.94. The SMILES string of the molecule is CCc1ccc(CN(C)CC(=O)NCc2ccccc2C)cc1. The molecule has 0 bridgehead atoms. The highest BCUT2D eigenvalue weighted by Gasteiger charge is 2.07. The Morgan fingerprint density at radius 1 is 1.04 bits per heavy atom. The number of nitrogens with zero attached hydrogens (tertiary/aromatic N) is 1. The van der Waals surface area contributed by atoms with Gasteiger partial charge in [-0.2, -0.15) is 0 Å². The monoisotopic (exact) mass is 310 g/mol. The van der Waals surface area contributed by atoms with Gasteiger partial charge in [-0.05, 0) is 42.6 Å². The van der Waals surface area contributed by atoms with Gasteiger partial charge in [0.2, 0.25) is 5.91 Å². The zero-order valence-electron chi connectivity index (χ0n) is 14.3. The van der Waals surface area contributed by atoms with Crippen LogP contribution in [0.2, 0.25) is 0 Å². The van der Waals surface area contributed by atoms with Crippen molar-refractivity contribution in [2.45, 2.75) is 33.4 Å². The summed E-state index contributed by atoms with van der Waals surface area (Å²) in [6, 6.07) is 16.7. The van der Waals surface area contributed by atoms with Crippen LogP contribution in [0.4, 0.5) is 0 Å². The Labute approximate surface area is 139 Å². The smallest absolute Gasteiger partial charge is 0.234 e. The lowest BCUT2D eigenvalue weighted by atomic mass is 10.1. The molecule has 0 spiro atoms. The lowest BCUT2D eigenvalue weighted by molar-refractivity contribution is -0.122. The molecule has 3 nitrogen and oxygen atoms in total. The average Bonchev–Trinajstić information content (AvgIpc) is 2.54. The number of aryl methyl sites for hydroxylation is 2. The maximum Gasteiger partial charge on any atom is 0.234 e. The average molecular weight is 310 g/mol. The third-order valence-electron chi connectivity index (χ3n) is 4.03. The van der Waals surface area contributed by atoms with E-state index in [2.05, 4.69) is 55.6 Å². The molecular formula is C20H26N2O. The summed E-state index contributed by atoms with van der Waals surface area (Å²) in [6.07, 6.45) is 1.05. The van der Waals surface area contributed by atoms with Gasteiger partial charge >= 0.3 is 0 Å². The molecular weight excluding hydrogens is 284 g/mol. The number of carbonyl (C=O) groups is 1. The van der Waals surface area contributed by atoms with Crippen molar-refractivity contribution in [2.75, 3.05) is 13.6 Å². The molecule has 0 aromatic heterocycles. The van der Waals surface area contributed by atoms with Gasteiger partial charge in [0.05, 0.1) is 6.54 Å². The number of benzene rings is 2. The van der Waals surface area contributed by atoms with Crippen LogP contribution < -0.4 is 5.32 Å². The van der Waals surface area contributed by atoms with Crippen LogP contribution in [0, 0.1) is 6.92 Å². The summed E-state index contributed by atoms with van der Waals surface area (Å²) in [5.74, 6) is 0.0564. The first-order valence-electron chi connectivity index (χ1n) is 8.16. The van der Waals surface area contributed by atoms with Crippen molar-refractivity contribution in [1.29, 1.82) is 0 Å². The van der Waals surface area contributed by atoms with Crippen molar-refractivity contribution in [1.82, 2.24) is 10.2 Å². The third kappa shape index (κ3) is 5.53. The van der Waals surface area contributed by atoms with E-state index >= 15 is 0 Å². The summed E-state index contributed by atoms with van der Waals surface area (Å²) in [7, 11) is 1.97. The molecule has 0 saturated heterocycles. The largest absolute Gasteiger partial charge is 0.351 e. The van der Waals surface area contributed by atoms with E-state index in [1.807, 2.05) is 24.1 Å². The Hall–Kier alpha value is -2.13. The van der Waals surface area contributed by atoms with Crippen molar-refractivity contribution >= 4 is 5.91 Å². The molecule has 0 radical (unpaired) electrons. The van der Waals surface area contributed by atoms with Gasteiger partial charge in [0.15, 0.2) is 0 Å². The molecule has 0 heterocycles. The second-order valence-corrected chi connectivity index (χ2v) is 6.05. The second kappa shape index (κ2) is 8.49. The molecule has 0 unspecified atom stereocenters. The molecule has 122 valence electrons. The molecule has 2 aromatic rings. The Morgan fingerprint density at radius 2 is 1.70 bits per heavy atom. The molecule has 2 rings (SSSR count). The van der Waals surface area contributed by atoms with Crippen LogP contribution in [-0.2, 0) is 24.3 Å². The summed E-state index contributed by atoms with van der Waals surface area (Å²) in [6.45, 7) is 5.99. The van der Waals surface area contributed by atoms with Crippen molar-refractivity contribution in [2.24, 2.45) is 0 Å². The zero-order valence-corrected chi connectivity index (χ0v) is 14.3. The minimum absolute atomic E-state index is 0.0564. The fourth-order valence-corrected chi connectivity index (χ4v) is 2.55. The number of amides is 1. The molecule has 1 N–H and O–H groups in total. The number of rotatable bonds is 7. The first-order valence-corrected chi connectivity index (χ1v) is 8.16. The quantitative estimate of drug-likeness (QED) is 0.851. The molecule has 0 fully saturated rings. The minimum Gasteiger partial charge on any atom is -0.351 e. The van der Waals surface area contributed by atoms with Crippen LogP contribution in [0.1, 0.15) is 29.2 Å². The summed E-state index contributed by atoms with van der Waals surface area (Å²) >= 11 is 0. The van der Waals surface area contributed by atoms with Gasteiger partial charge in [0.25, 0.3) is 0 Å². The third-order valence-corrected chi connectivity index (χ3v) is 4.03. The van der Waals surface area contributed by atoms with E-state index in [-0.39, 0.29) is 5.91 Å². The van der Waals surface area contributed by atoms with Crippen LogP contribution in [0.25, 0.3) is 0 Å². The van der Waals surface area contributed by atoms with E-state index in [0.717, 1.165) is 13.0 Å². The van der Waals surface area contributed by atoms with Crippen molar-refractivity contribution in [3.05, 3.63) is 70.8 Å². The van der Waals surface area contributed by atoms with E-state index in [0.29, 0.717) is 13.1 Å². The number of carbonyl (C=O) groups excluding carboxylic acids is 1. The highest BCUT2D eigenvalue weighted by atomic mass is 16.2. The number of likely N-dealkylation sites (N-methyl/N-ethyl adjacent to an activating group) is 1. The van der Waals surface area contributed by atoms with Gasteiger partial charge in [-0.15, -0.1) is 0 Å².